The maximum atomic E-state index is 10.5. The fourth-order valence-corrected chi connectivity index (χ4v) is 2.04. The molecule has 0 N–H and O–H groups in total. The molecule has 2 rings (SSSR count). The molecule has 0 radical (unpaired) electrons. The first kappa shape index (κ1) is 14.4. The van der Waals surface area contributed by atoms with Gasteiger partial charge in [-0.3, -0.25) is 10.1 Å². The summed E-state index contributed by atoms with van der Waals surface area (Å²) < 4.78 is 6.02. The standard InChI is InChI=1S/C13H10IN3O3/c1-20-11-6-7-13(12(14)8-11)16-15-9-2-4-10(5-3-9)17(18)19/h2-8H,1H3. The van der Waals surface area contributed by atoms with E-state index in [-0.39, 0.29) is 5.69 Å². The topological polar surface area (TPSA) is 77.1 Å². The molecule has 0 heterocycles. The number of hydrogen-bond acceptors (Lipinski definition) is 5. The average molecular weight is 383 g/mol. The van der Waals surface area contributed by atoms with Crippen molar-refractivity contribution in [1.82, 2.24) is 0 Å². The Morgan fingerprint density at radius 3 is 2.40 bits per heavy atom. The van der Waals surface area contributed by atoms with Crippen molar-refractivity contribution in [3.8, 4) is 5.75 Å². The summed E-state index contributed by atoms with van der Waals surface area (Å²) in [6.45, 7) is 0. The fraction of sp³-hybridized carbons (Fsp3) is 0.0769. The van der Waals surface area contributed by atoms with Gasteiger partial charge in [0.1, 0.15) is 5.75 Å². The summed E-state index contributed by atoms with van der Waals surface area (Å²) in [6, 6.07) is 11.4. The van der Waals surface area contributed by atoms with Crippen LogP contribution in [0.4, 0.5) is 17.1 Å². The first-order chi connectivity index (χ1) is 9.60. The average Bonchev–Trinajstić information content (AvgIpc) is 2.46. The molecule has 0 spiro atoms. The molecule has 0 unspecified atom stereocenters. The summed E-state index contributed by atoms with van der Waals surface area (Å²) in [5.74, 6) is 0.753. The molecule has 2 aromatic carbocycles. The number of benzene rings is 2. The minimum absolute atomic E-state index is 0.0305. The van der Waals surface area contributed by atoms with Crippen LogP contribution in [0.1, 0.15) is 0 Å². The maximum Gasteiger partial charge on any atom is 0.269 e. The summed E-state index contributed by atoms with van der Waals surface area (Å²) in [4.78, 5) is 10.1. The van der Waals surface area contributed by atoms with Crippen LogP contribution in [0.5, 0.6) is 5.75 Å². The third-order valence-corrected chi connectivity index (χ3v) is 3.35. The van der Waals surface area contributed by atoms with Crippen molar-refractivity contribution in [2.24, 2.45) is 10.2 Å². The number of hydrogen-bond donors (Lipinski definition) is 0. The second-order valence-corrected chi connectivity index (χ2v) is 4.95. The molecule has 0 bridgehead atoms. The fourth-order valence-electron chi connectivity index (χ4n) is 1.45. The Labute approximate surface area is 128 Å². The lowest BCUT2D eigenvalue weighted by Crippen LogP contribution is -1.85. The van der Waals surface area contributed by atoms with E-state index in [4.69, 9.17) is 4.74 Å². The van der Waals surface area contributed by atoms with Gasteiger partial charge in [-0.1, -0.05) is 0 Å². The SMILES string of the molecule is COc1ccc(N=Nc2ccc([N+](=O)[O-])cc2)c(I)c1. The highest BCUT2D eigenvalue weighted by molar-refractivity contribution is 14.1. The Balaban J connectivity index is 2.18. The van der Waals surface area contributed by atoms with E-state index in [1.54, 1.807) is 31.4 Å². The van der Waals surface area contributed by atoms with Crippen molar-refractivity contribution >= 4 is 39.7 Å². The van der Waals surface area contributed by atoms with Crippen LogP contribution in [0.2, 0.25) is 0 Å². The number of nitro groups is 1. The molecule has 0 fully saturated rings. The second kappa shape index (κ2) is 6.42. The number of non-ortho nitro benzene ring substituents is 1. The number of nitro benzene ring substituents is 1. The number of halogens is 1. The van der Waals surface area contributed by atoms with Crippen LogP contribution in [0.15, 0.2) is 52.7 Å². The van der Waals surface area contributed by atoms with Crippen molar-refractivity contribution in [3.63, 3.8) is 0 Å². The highest BCUT2D eigenvalue weighted by atomic mass is 127. The Morgan fingerprint density at radius 1 is 1.15 bits per heavy atom. The van der Waals surface area contributed by atoms with Gasteiger partial charge in [-0.2, -0.15) is 5.11 Å². The molecule has 0 aliphatic rings. The lowest BCUT2D eigenvalue weighted by Gasteiger charge is -2.01. The largest absolute Gasteiger partial charge is 0.497 e. The van der Waals surface area contributed by atoms with Crippen molar-refractivity contribution in [1.29, 1.82) is 0 Å². The number of methoxy groups -OCH3 is 1. The molecule has 0 aromatic heterocycles. The van der Waals surface area contributed by atoms with Gasteiger partial charge in [-0.25, -0.2) is 0 Å². The number of ether oxygens (including phenoxy) is 1. The molecule has 0 saturated carbocycles. The molecule has 0 amide bonds. The normalized spacial score (nSPS) is 10.7. The Morgan fingerprint density at radius 2 is 1.85 bits per heavy atom. The predicted molar refractivity (Wildman–Crippen MR) is 83.0 cm³/mol. The highest BCUT2D eigenvalue weighted by Crippen LogP contribution is 2.28. The van der Waals surface area contributed by atoms with Gasteiger partial charge in [0, 0.05) is 15.7 Å². The van der Waals surface area contributed by atoms with Crippen LogP contribution < -0.4 is 4.74 Å². The van der Waals surface area contributed by atoms with Crippen molar-refractivity contribution < 1.29 is 9.66 Å². The molecule has 6 nitrogen and oxygen atoms in total. The Kier molecular flexibility index (Phi) is 4.61. The summed E-state index contributed by atoms with van der Waals surface area (Å²) >= 11 is 2.14. The van der Waals surface area contributed by atoms with Gasteiger partial charge in [0.2, 0.25) is 0 Å². The van der Waals surface area contributed by atoms with Gasteiger partial charge in [-0.05, 0) is 52.9 Å². The number of azo groups is 1. The van der Waals surface area contributed by atoms with Crippen LogP contribution in [0.25, 0.3) is 0 Å². The number of rotatable bonds is 4. The molecule has 0 aliphatic carbocycles. The molecule has 0 atom stereocenters. The molecule has 7 heteroatoms. The van der Waals surface area contributed by atoms with Crippen LogP contribution in [0, 0.1) is 13.7 Å². The Bertz CT molecular complexity index is 656. The van der Waals surface area contributed by atoms with Gasteiger partial charge in [-0.15, -0.1) is 5.11 Å². The van der Waals surface area contributed by atoms with Crippen LogP contribution in [-0.4, -0.2) is 12.0 Å². The Hall–Kier alpha value is -2.03. The quantitative estimate of drug-likeness (QED) is 0.335. The van der Waals surface area contributed by atoms with Crippen molar-refractivity contribution in [3.05, 3.63) is 56.1 Å². The van der Waals surface area contributed by atoms with E-state index >= 15 is 0 Å². The summed E-state index contributed by atoms with van der Waals surface area (Å²) in [6.07, 6.45) is 0. The molecule has 0 saturated heterocycles. The van der Waals surface area contributed by atoms with E-state index in [0.717, 1.165) is 9.32 Å². The molecule has 20 heavy (non-hydrogen) atoms. The van der Waals surface area contributed by atoms with Crippen molar-refractivity contribution in [2.45, 2.75) is 0 Å². The monoisotopic (exact) mass is 383 g/mol. The minimum Gasteiger partial charge on any atom is -0.497 e. The van der Waals surface area contributed by atoms with E-state index in [2.05, 4.69) is 32.8 Å². The minimum atomic E-state index is -0.451. The zero-order chi connectivity index (χ0) is 14.5. The number of nitrogens with zero attached hydrogens (tertiary/aromatic N) is 3. The maximum absolute atomic E-state index is 10.5. The lowest BCUT2D eigenvalue weighted by atomic mass is 10.3. The zero-order valence-electron chi connectivity index (χ0n) is 10.5. The second-order valence-electron chi connectivity index (χ2n) is 3.79. The zero-order valence-corrected chi connectivity index (χ0v) is 12.6. The van der Waals surface area contributed by atoms with Crippen LogP contribution in [-0.2, 0) is 0 Å². The van der Waals surface area contributed by atoms with Gasteiger partial charge >= 0.3 is 0 Å². The molecule has 2 aromatic rings. The summed E-state index contributed by atoms with van der Waals surface area (Å²) in [5.41, 5.74) is 1.30. The molecular formula is C13H10IN3O3. The first-order valence-corrected chi connectivity index (χ1v) is 6.68. The first-order valence-electron chi connectivity index (χ1n) is 5.60. The van der Waals surface area contributed by atoms with E-state index in [1.165, 1.54) is 12.1 Å². The van der Waals surface area contributed by atoms with Crippen LogP contribution in [0.3, 0.4) is 0 Å². The summed E-state index contributed by atoms with van der Waals surface area (Å²) in [7, 11) is 1.60. The van der Waals surface area contributed by atoms with E-state index < -0.39 is 4.92 Å². The van der Waals surface area contributed by atoms with E-state index in [9.17, 15) is 10.1 Å². The highest BCUT2D eigenvalue weighted by Gasteiger charge is 2.04. The lowest BCUT2D eigenvalue weighted by molar-refractivity contribution is -0.384. The van der Waals surface area contributed by atoms with Gasteiger partial charge in [0.25, 0.3) is 5.69 Å². The van der Waals surface area contributed by atoms with Gasteiger partial charge in [0.05, 0.1) is 23.4 Å². The summed E-state index contributed by atoms with van der Waals surface area (Å²) in [5, 5.41) is 18.7. The van der Waals surface area contributed by atoms with Gasteiger partial charge < -0.3 is 4.74 Å². The molecular weight excluding hydrogens is 373 g/mol. The van der Waals surface area contributed by atoms with E-state index in [1.807, 2.05) is 6.07 Å². The molecule has 102 valence electrons. The smallest absolute Gasteiger partial charge is 0.269 e. The van der Waals surface area contributed by atoms with Crippen molar-refractivity contribution in [2.75, 3.05) is 7.11 Å². The third kappa shape index (κ3) is 3.50. The van der Waals surface area contributed by atoms with E-state index in [0.29, 0.717) is 11.4 Å². The molecule has 0 aliphatic heterocycles. The van der Waals surface area contributed by atoms with Crippen LogP contribution >= 0.6 is 22.6 Å². The predicted octanol–water partition coefficient (Wildman–Crippen LogP) is 4.62. The third-order valence-electron chi connectivity index (χ3n) is 2.49. The van der Waals surface area contributed by atoms with Gasteiger partial charge in [0.15, 0.2) is 0 Å².